The third-order valence-electron chi connectivity index (χ3n) is 3.96. The summed E-state index contributed by atoms with van der Waals surface area (Å²) in [6.07, 6.45) is 2.77. The summed E-state index contributed by atoms with van der Waals surface area (Å²) in [5.74, 6) is 2.82. The Bertz CT molecular complexity index is 735. The Hall–Kier alpha value is -1.79. The molecule has 24 heavy (non-hydrogen) atoms. The third kappa shape index (κ3) is 3.65. The first-order valence-corrected chi connectivity index (χ1v) is 8.71. The Morgan fingerprint density at radius 2 is 2.08 bits per heavy atom. The standard InChI is InChI=1S/C17H18ClN3O2S/c1-23-12-6-4-10(5-7-12)14(9-24)20-17-15(18)13(8-22)19-16(21-17)11-2-3-11/h4-8,11,14,24H,2-3,9H2,1H3,(H,19,20,21). The summed E-state index contributed by atoms with van der Waals surface area (Å²) in [6, 6.07) is 7.61. The molecule has 1 fully saturated rings. The number of rotatable bonds is 7. The molecule has 1 aromatic carbocycles. The van der Waals surface area contributed by atoms with Crippen molar-refractivity contribution in [1.82, 2.24) is 9.97 Å². The van der Waals surface area contributed by atoms with E-state index >= 15 is 0 Å². The van der Waals surface area contributed by atoms with Gasteiger partial charge in [-0.2, -0.15) is 12.6 Å². The van der Waals surface area contributed by atoms with Crippen molar-refractivity contribution < 1.29 is 9.53 Å². The van der Waals surface area contributed by atoms with E-state index in [0.29, 0.717) is 29.6 Å². The number of nitrogens with one attached hydrogen (secondary N) is 1. The molecule has 3 rings (SSSR count). The van der Waals surface area contributed by atoms with Crippen LogP contribution in [0.15, 0.2) is 24.3 Å². The lowest BCUT2D eigenvalue weighted by Crippen LogP contribution is -2.15. The van der Waals surface area contributed by atoms with E-state index in [2.05, 4.69) is 27.9 Å². The highest BCUT2D eigenvalue weighted by Crippen LogP contribution is 2.40. The fourth-order valence-corrected chi connectivity index (χ4v) is 2.90. The average Bonchev–Trinajstić information content (AvgIpc) is 3.46. The molecule has 1 atom stereocenters. The molecule has 1 N–H and O–H groups in total. The molecule has 0 amide bonds. The SMILES string of the molecule is COc1ccc(C(CS)Nc2nc(C3CC3)nc(C=O)c2Cl)cc1. The van der Waals surface area contributed by atoms with Crippen LogP contribution >= 0.6 is 24.2 Å². The largest absolute Gasteiger partial charge is 0.497 e. The van der Waals surface area contributed by atoms with Crippen LogP contribution in [-0.2, 0) is 0 Å². The highest BCUT2D eigenvalue weighted by Gasteiger charge is 2.29. The molecule has 1 unspecified atom stereocenters. The van der Waals surface area contributed by atoms with Gasteiger partial charge in [-0.3, -0.25) is 4.79 Å². The van der Waals surface area contributed by atoms with Crippen LogP contribution < -0.4 is 10.1 Å². The second-order valence-electron chi connectivity index (χ2n) is 5.67. The van der Waals surface area contributed by atoms with E-state index in [0.717, 1.165) is 24.2 Å². The molecule has 2 aromatic rings. The van der Waals surface area contributed by atoms with Gasteiger partial charge in [0.25, 0.3) is 0 Å². The molecular formula is C17H18ClN3O2S. The van der Waals surface area contributed by atoms with Crippen LogP contribution in [0.2, 0.25) is 5.02 Å². The van der Waals surface area contributed by atoms with E-state index in [-0.39, 0.29) is 16.8 Å². The van der Waals surface area contributed by atoms with E-state index in [1.54, 1.807) is 7.11 Å². The number of aromatic nitrogens is 2. The number of anilines is 1. The van der Waals surface area contributed by atoms with E-state index < -0.39 is 0 Å². The minimum atomic E-state index is -0.0989. The molecule has 1 aromatic heterocycles. The molecule has 0 aliphatic heterocycles. The van der Waals surface area contributed by atoms with Crippen molar-refractivity contribution in [3.05, 3.63) is 46.4 Å². The van der Waals surface area contributed by atoms with Crippen LogP contribution in [-0.4, -0.2) is 29.1 Å². The molecule has 0 saturated heterocycles. The van der Waals surface area contributed by atoms with Crippen molar-refractivity contribution in [1.29, 1.82) is 0 Å². The molecule has 1 saturated carbocycles. The van der Waals surface area contributed by atoms with Gasteiger partial charge >= 0.3 is 0 Å². The zero-order chi connectivity index (χ0) is 17.1. The quantitative estimate of drug-likeness (QED) is 0.576. The second-order valence-corrected chi connectivity index (χ2v) is 6.42. The fourth-order valence-electron chi connectivity index (χ4n) is 2.42. The summed E-state index contributed by atoms with van der Waals surface area (Å²) >= 11 is 10.7. The van der Waals surface area contributed by atoms with Crippen LogP contribution in [0.3, 0.4) is 0 Å². The molecule has 0 spiro atoms. The number of carbonyl (C=O) groups excluding carboxylic acids is 1. The lowest BCUT2D eigenvalue weighted by atomic mass is 10.1. The predicted molar refractivity (Wildman–Crippen MR) is 97.6 cm³/mol. The minimum Gasteiger partial charge on any atom is -0.497 e. The molecule has 7 heteroatoms. The second kappa shape index (κ2) is 7.40. The lowest BCUT2D eigenvalue weighted by Gasteiger charge is -2.19. The molecular weight excluding hydrogens is 346 g/mol. The van der Waals surface area contributed by atoms with E-state index in [4.69, 9.17) is 16.3 Å². The molecule has 1 aliphatic rings. The van der Waals surface area contributed by atoms with Crippen LogP contribution in [0.1, 0.15) is 46.7 Å². The van der Waals surface area contributed by atoms with E-state index in [1.165, 1.54) is 0 Å². The monoisotopic (exact) mass is 363 g/mol. The summed E-state index contributed by atoms with van der Waals surface area (Å²) in [7, 11) is 1.63. The number of benzene rings is 1. The number of nitrogens with zero attached hydrogens (tertiary/aromatic N) is 2. The van der Waals surface area contributed by atoms with Crippen molar-refractivity contribution >= 4 is 36.3 Å². The van der Waals surface area contributed by atoms with Gasteiger partial charge in [-0.05, 0) is 30.5 Å². The summed E-state index contributed by atoms with van der Waals surface area (Å²) in [6.45, 7) is 0. The van der Waals surface area contributed by atoms with Gasteiger partial charge in [-0.15, -0.1) is 0 Å². The van der Waals surface area contributed by atoms with Crippen LogP contribution in [0.4, 0.5) is 5.82 Å². The first kappa shape index (κ1) is 17.0. The fraction of sp³-hybridized carbons (Fsp3) is 0.353. The smallest absolute Gasteiger partial charge is 0.170 e. The number of hydrogen-bond acceptors (Lipinski definition) is 6. The Morgan fingerprint density at radius 3 is 2.62 bits per heavy atom. The molecule has 5 nitrogen and oxygen atoms in total. The van der Waals surface area contributed by atoms with Gasteiger partial charge in [0.05, 0.1) is 13.2 Å². The predicted octanol–water partition coefficient (Wildman–Crippen LogP) is 3.91. The topological polar surface area (TPSA) is 64.1 Å². The Labute approximate surface area is 151 Å². The van der Waals surface area contributed by atoms with Gasteiger partial charge in [0, 0.05) is 11.7 Å². The lowest BCUT2D eigenvalue weighted by molar-refractivity contribution is 0.111. The minimum absolute atomic E-state index is 0.0989. The average molecular weight is 364 g/mol. The Kier molecular flexibility index (Phi) is 5.26. The first-order valence-electron chi connectivity index (χ1n) is 7.70. The van der Waals surface area contributed by atoms with Crippen molar-refractivity contribution in [2.24, 2.45) is 0 Å². The van der Waals surface area contributed by atoms with Gasteiger partial charge in [-0.25, -0.2) is 9.97 Å². The summed E-state index contributed by atoms with van der Waals surface area (Å²) in [5, 5.41) is 3.53. The molecule has 0 radical (unpaired) electrons. The van der Waals surface area contributed by atoms with Gasteiger partial charge in [0.15, 0.2) is 6.29 Å². The number of thiol groups is 1. The molecule has 1 aliphatic carbocycles. The van der Waals surface area contributed by atoms with Gasteiger partial charge in [0.1, 0.15) is 28.1 Å². The van der Waals surface area contributed by atoms with Crippen LogP contribution in [0.25, 0.3) is 0 Å². The van der Waals surface area contributed by atoms with Crippen LogP contribution in [0.5, 0.6) is 5.75 Å². The highest BCUT2D eigenvalue weighted by atomic mass is 35.5. The summed E-state index contributed by atoms with van der Waals surface area (Å²) in [4.78, 5) is 20.0. The maximum Gasteiger partial charge on any atom is 0.170 e. The third-order valence-corrected chi connectivity index (χ3v) is 4.70. The van der Waals surface area contributed by atoms with Crippen molar-refractivity contribution in [2.45, 2.75) is 24.8 Å². The normalized spacial score (nSPS) is 15.0. The van der Waals surface area contributed by atoms with Gasteiger partial charge < -0.3 is 10.1 Å². The maximum absolute atomic E-state index is 11.2. The van der Waals surface area contributed by atoms with E-state index in [9.17, 15) is 4.79 Å². The number of hydrogen-bond donors (Lipinski definition) is 2. The number of methoxy groups -OCH3 is 1. The van der Waals surface area contributed by atoms with Gasteiger partial charge in [0.2, 0.25) is 0 Å². The first-order chi connectivity index (χ1) is 11.7. The number of carbonyl (C=O) groups is 1. The number of ether oxygens (including phenoxy) is 1. The summed E-state index contributed by atoms with van der Waals surface area (Å²) < 4.78 is 5.18. The number of aldehydes is 1. The molecule has 126 valence electrons. The van der Waals surface area contributed by atoms with Gasteiger partial charge in [-0.1, -0.05) is 23.7 Å². The summed E-state index contributed by atoms with van der Waals surface area (Å²) in [5.41, 5.74) is 1.25. The van der Waals surface area contributed by atoms with Crippen LogP contribution in [0, 0.1) is 0 Å². The Balaban J connectivity index is 1.89. The van der Waals surface area contributed by atoms with Crippen molar-refractivity contribution in [3.63, 3.8) is 0 Å². The zero-order valence-electron chi connectivity index (χ0n) is 13.2. The van der Waals surface area contributed by atoms with Crippen molar-refractivity contribution in [2.75, 3.05) is 18.2 Å². The number of halogens is 1. The van der Waals surface area contributed by atoms with Crippen molar-refractivity contribution in [3.8, 4) is 5.75 Å². The molecule has 0 bridgehead atoms. The maximum atomic E-state index is 11.2. The zero-order valence-corrected chi connectivity index (χ0v) is 14.8. The van der Waals surface area contributed by atoms with E-state index in [1.807, 2.05) is 24.3 Å². The molecule has 1 heterocycles. The Morgan fingerprint density at radius 1 is 1.38 bits per heavy atom. The highest BCUT2D eigenvalue weighted by molar-refractivity contribution is 7.80.